The number of hydrogen-bond acceptors (Lipinski definition) is 4. The highest BCUT2D eigenvalue weighted by molar-refractivity contribution is 7.86. The first-order chi connectivity index (χ1) is 6.90. The predicted octanol–water partition coefficient (Wildman–Crippen LogP) is 2.02. The van der Waals surface area contributed by atoms with Crippen molar-refractivity contribution in [2.24, 2.45) is 0 Å². The molecule has 0 aliphatic heterocycles. The highest BCUT2D eigenvalue weighted by Gasteiger charge is 2.18. The van der Waals surface area contributed by atoms with Crippen LogP contribution in [0.3, 0.4) is 0 Å². The maximum atomic E-state index is 12.7. The maximum absolute atomic E-state index is 12.7. The summed E-state index contributed by atoms with van der Waals surface area (Å²) in [6, 6.07) is 1.96. The Labute approximate surface area is 91.8 Å². The van der Waals surface area contributed by atoms with Crippen LogP contribution in [0, 0.1) is 0 Å². The van der Waals surface area contributed by atoms with Gasteiger partial charge in [-0.15, -0.1) is 3.89 Å². The van der Waals surface area contributed by atoms with Crippen LogP contribution < -0.4 is 9.47 Å². The van der Waals surface area contributed by atoms with Gasteiger partial charge in [-0.1, -0.05) is 11.6 Å². The highest BCUT2D eigenvalue weighted by atomic mass is 35.5. The smallest absolute Gasteiger partial charge is 0.332 e. The second kappa shape index (κ2) is 4.24. The van der Waals surface area contributed by atoms with Gasteiger partial charge in [0.25, 0.3) is 0 Å². The molecular formula is C8H8ClFO4S. The summed E-state index contributed by atoms with van der Waals surface area (Å²) in [4.78, 5) is -0.565. The number of hydrogen-bond donors (Lipinski definition) is 0. The van der Waals surface area contributed by atoms with E-state index in [0.29, 0.717) is 0 Å². The summed E-state index contributed by atoms with van der Waals surface area (Å²) < 4.78 is 43.6. The third-order valence-electron chi connectivity index (χ3n) is 1.69. The molecular weight excluding hydrogens is 247 g/mol. The van der Waals surface area contributed by atoms with E-state index in [2.05, 4.69) is 0 Å². The van der Waals surface area contributed by atoms with E-state index in [9.17, 15) is 12.3 Å². The van der Waals surface area contributed by atoms with Crippen molar-refractivity contribution in [1.29, 1.82) is 0 Å². The zero-order valence-corrected chi connectivity index (χ0v) is 9.52. The molecule has 0 radical (unpaired) electrons. The van der Waals surface area contributed by atoms with Crippen molar-refractivity contribution < 1.29 is 21.8 Å². The third kappa shape index (κ3) is 2.51. The van der Waals surface area contributed by atoms with E-state index in [-0.39, 0.29) is 16.5 Å². The molecule has 84 valence electrons. The number of halogens is 2. The van der Waals surface area contributed by atoms with Crippen LogP contribution in [0.4, 0.5) is 3.89 Å². The van der Waals surface area contributed by atoms with E-state index in [4.69, 9.17) is 21.1 Å². The lowest BCUT2D eigenvalue weighted by molar-refractivity contribution is 0.354. The summed E-state index contributed by atoms with van der Waals surface area (Å²) in [5, 5.41) is -0.0342. The van der Waals surface area contributed by atoms with Crippen LogP contribution in [0.1, 0.15) is 0 Å². The molecule has 0 aromatic heterocycles. The standard InChI is InChI=1S/C8H8ClFO4S/c1-13-7-4-5(15(10,11)12)3-6(9)8(7)14-2/h3-4H,1-2H3. The van der Waals surface area contributed by atoms with Gasteiger partial charge < -0.3 is 9.47 Å². The van der Waals surface area contributed by atoms with Crippen molar-refractivity contribution in [3.8, 4) is 11.5 Å². The monoisotopic (exact) mass is 254 g/mol. The molecule has 1 rings (SSSR count). The zero-order chi connectivity index (χ0) is 11.6. The second-order valence-corrected chi connectivity index (χ2v) is 4.33. The Kier molecular flexibility index (Phi) is 3.41. The topological polar surface area (TPSA) is 52.6 Å². The lowest BCUT2D eigenvalue weighted by Crippen LogP contribution is -1.97. The van der Waals surface area contributed by atoms with Crippen LogP contribution in [0.15, 0.2) is 17.0 Å². The Morgan fingerprint density at radius 2 is 1.87 bits per heavy atom. The lowest BCUT2D eigenvalue weighted by Gasteiger charge is -2.09. The molecule has 1 aromatic rings. The molecule has 0 atom stereocenters. The number of methoxy groups -OCH3 is 2. The van der Waals surface area contributed by atoms with Gasteiger partial charge in [0, 0.05) is 6.07 Å². The first-order valence-electron chi connectivity index (χ1n) is 3.76. The summed E-state index contributed by atoms with van der Waals surface area (Å²) in [7, 11) is -2.17. The molecule has 0 fully saturated rings. The molecule has 0 aliphatic carbocycles. The molecule has 0 amide bonds. The fourth-order valence-electron chi connectivity index (χ4n) is 1.04. The molecule has 1 aromatic carbocycles. The van der Waals surface area contributed by atoms with Crippen LogP contribution in [-0.2, 0) is 10.2 Å². The van der Waals surface area contributed by atoms with E-state index in [1.54, 1.807) is 0 Å². The Balaban J connectivity index is 3.45. The number of benzene rings is 1. The first kappa shape index (κ1) is 12.1. The molecule has 0 saturated carbocycles. The maximum Gasteiger partial charge on any atom is 0.332 e. The van der Waals surface area contributed by atoms with Crippen molar-refractivity contribution in [2.75, 3.05) is 14.2 Å². The lowest BCUT2D eigenvalue weighted by atomic mass is 10.3. The largest absolute Gasteiger partial charge is 0.493 e. The minimum absolute atomic E-state index is 0.0342. The van der Waals surface area contributed by atoms with Gasteiger partial charge >= 0.3 is 10.2 Å². The fourth-order valence-corrected chi connectivity index (χ4v) is 1.89. The Bertz CT molecular complexity index is 472. The zero-order valence-electron chi connectivity index (χ0n) is 7.95. The van der Waals surface area contributed by atoms with Gasteiger partial charge in [-0.25, -0.2) is 0 Å². The second-order valence-electron chi connectivity index (χ2n) is 2.58. The normalized spacial score (nSPS) is 11.2. The molecule has 4 nitrogen and oxygen atoms in total. The van der Waals surface area contributed by atoms with Gasteiger partial charge in [0.2, 0.25) is 0 Å². The Hall–Kier alpha value is -1.01. The van der Waals surface area contributed by atoms with Crippen LogP contribution in [-0.4, -0.2) is 22.6 Å². The summed E-state index contributed by atoms with van der Waals surface area (Å²) in [6.45, 7) is 0. The minimum atomic E-state index is -4.80. The average molecular weight is 255 g/mol. The van der Waals surface area contributed by atoms with Gasteiger partial charge in [-0.05, 0) is 6.07 Å². The molecule has 0 spiro atoms. The summed E-state index contributed by atoms with van der Waals surface area (Å²) in [5.41, 5.74) is 0. The van der Waals surface area contributed by atoms with Crippen molar-refractivity contribution >= 4 is 21.8 Å². The van der Waals surface area contributed by atoms with Gasteiger partial charge in [0.05, 0.1) is 19.2 Å². The minimum Gasteiger partial charge on any atom is -0.493 e. The Morgan fingerprint density at radius 3 is 2.27 bits per heavy atom. The molecule has 15 heavy (non-hydrogen) atoms. The third-order valence-corrected chi connectivity index (χ3v) is 2.77. The van der Waals surface area contributed by atoms with Gasteiger partial charge in [-0.3, -0.25) is 0 Å². The predicted molar refractivity (Wildman–Crippen MR) is 52.8 cm³/mol. The van der Waals surface area contributed by atoms with Crippen LogP contribution in [0.2, 0.25) is 5.02 Å². The number of rotatable bonds is 3. The first-order valence-corrected chi connectivity index (χ1v) is 5.52. The van der Waals surface area contributed by atoms with Crippen LogP contribution >= 0.6 is 11.6 Å². The van der Waals surface area contributed by atoms with Crippen molar-refractivity contribution in [2.45, 2.75) is 4.90 Å². The molecule has 7 heteroatoms. The van der Waals surface area contributed by atoms with Gasteiger partial charge in [0.15, 0.2) is 11.5 Å². The van der Waals surface area contributed by atoms with E-state index in [0.717, 1.165) is 12.1 Å². The summed E-state index contributed by atoms with van der Waals surface area (Å²) >= 11 is 5.68. The van der Waals surface area contributed by atoms with Crippen molar-refractivity contribution in [3.05, 3.63) is 17.2 Å². The van der Waals surface area contributed by atoms with E-state index in [1.807, 2.05) is 0 Å². The quantitative estimate of drug-likeness (QED) is 0.775. The van der Waals surface area contributed by atoms with Crippen LogP contribution in [0.25, 0.3) is 0 Å². The molecule has 0 unspecified atom stereocenters. The van der Waals surface area contributed by atoms with Crippen molar-refractivity contribution in [1.82, 2.24) is 0 Å². The molecule has 0 bridgehead atoms. The molecule has 0 N–H and O–H groups in total. The molecule has 0 heterocycles. The SMILES string of the molecule is COc1cc(S(=O)(=O)F)cc(Cl)c1OC. The highest BCUT2D eigenvalue weighted by Crippen LogP contribution is 2.37. The van der Waals surface area contributed by atoms with E-state index in [1.165, 1.54) is 14.2 Å². The number of ether oxygens (including phenoxy) is 2. The van der Waals surface area contributed by atoms with E-state index >= 15 is 0 Å². The molecule has 0 aliphatic rings. The summed E-state index contributed by atoms with van der Waals surface area (Å²) in [5.74, 6) is 0.216. The van der Waals surface area contributed by atoms with Gasteiger partial charge in [0.1, 0.15) is 4.90 Å². The molecule has 0 saturated heterocycles. The van der Waals surface area contributed by atoms with E-state index < -0.39 is 15.1 Å². The van der Waals surface area contributed by atoms with Gasteiger partial charge in [-0.2, -0.15) is 8.42 Å². The fraction of sp³-hybridized carbons (Fsp3) is 0.250. The summed E-state index contributed by atoms with van der Waals surface area (Å²) in [6.07, 6.45) is 0. The van der Waals surface area contributed by atoms with Crippen LogP contribution in [0.5, 0.6) is 11.5 Å². The van der Waals surface area contributed by atoms with Crippen molar-refractivity contribution in [3.63, 3.8) is 0 Å². The Morgan fingerprint density at radius 1 is 1.27 bits per heavy atom. The average Bonchev–Trinajstić information content (AvgIpc) is 2.15.